The molecule has 0 bridgehead atoms. The third-order valence-electron chi connectivity index (χ3n) is 4.57. The van der Waals surface area contributed by atoms with Gasteiger partial charge in [0, 0.05) is 6.04 Å². The Hall–Kier alpha value is -1.56. The average molecular weight is 353 g/mol. The number of aryl methyl sites for hydroxylation is 1. The molecule has 134 valence electrons. The molecular weight excluding hydrogens is 324 g/mol. The highest BCUT2D eigenvalue weighted by molar-refractivity contribution is 7.92. The fourth-order valence-corrected chi connectivity index (χ4v) is 4.51. The van der Waals surface area contributed by atoms with Crippen molar-refractivity contribution in [2.24, 2.45) is 0 Å². The first-order valence-electron chi connectivity index (χ1n) is 8.69. The van der Waals surface area contributed by atoms with Crippen molar-refractivity contribution < 1.29 is 13.2 Å². The van der Waals surface area contributed by atoms with Gasteiger partial charge in [-0.3, -0.25) is 9.10 Å². The van der Waals surface area contributed by atoms with E-state index in [0.29, 0.717) is 12.1 Å². The fraction of sp³-hybridized carbons (Fsp3) is 0.611. The number of hydrogen-bond acceptors (Lipinski definition) is 3. The van der Waals surface area contributed by atoms with Crippen LogP contribution in [0.4, 0.5) is 5.69 Å². The van der Waals surface area contributed by atoms with E-state index in [4.69, 9.17) is 0 Å². The molecule has 6 heteroatoms. The minimum absolute atomic E-state index is 0.166. The van der Waals surface area contributed by atoms with E-state index < -0.39 is 16.1 Å². The number of anilines is 1. The first kappa shape index (κ1) is 18.8. The summed E-state index contributed by atoms with van der Waals surface area (Å²) in [7, 11) is -3.56. The molecule has 0 spiro atoms. The molecular formula is C18H28N2O3S. The number of carbonyl (C=O) groups is 1. The molecule has 24 heavy (non-hydrogen) atoms. The van der Waals surface area contributed by atoms with E-state index in [1.807, 2.05) is 26.0 Å². The number of nitrogens with zero attached hydrogens (tertiary/aromatic N) is 1. The van der Waals surface area contributed by atoms with Crippen LogP contribution in [0.3, 0.4) is 0 Å². The zero-order valence-corrected chi connectivity index (χ0v) is 15.6. The Kier molecular flexibility index (Phi) is 6.27. The molecule has 0 aliphatic heterocycles. The van der Waals surface area contributed by atoms with Gasteiger partial charge in [-0.1, -0.05) is 43.9 Å². The van der Waals surface area contributed by atoms with E-state index in [2.05, 4.69) is 5.32 Å². The molecule has 0 aromatic heterocycles. The molecule has 1 aliphatic carbocycles. The monoisotopic (exact) mass is 352 g/mol. The van der Waals surface area contributed by atoms with Crippen LogP contribution in [0.2, 0.25) is 0 Å². The number of benzene rings is 1. The van der Waals surface area contributed by atoms with Crippen molar-refractivity contribution in [3.8, 4) is 0 Å². The number of sulfonamides is 1. The van der Waals surface area contributed by atoms with Gasteiger partial charge in [-0.15, -0.1) is 0 Å². The average Bonchev–Trinajstić information content (AvgIpc) is 2.53. The maximum Gasteiger partial charge on any atom is 0.244 e. The van der Waals surface area contributed by atoms with Crippen LogP contribution in [0.25, 0.3) is 0 Å². The lowest BCUT2D eigenvalue weighted by atomic mass is 9.95. The second-order valence-electron chi connectivity index (χ2n) is 6.66. The molecule has 1 aromatic rings. The predicted molar refractivity (Wildman–Crippen MR) is 97.6 cm³/mol. The Balaban J connectivity index is 2.24. The predicted octanol–water partition coefficient (Wildman–Crippen LogP) is 2.99. The van der Waals surface area contributed by atoms with Gasteiger partial charge in [0.1, 0.15) is 6.04 Å². The number of carbonyl (C=O) groups excluding carboxylic acids is 1. The maximum atomic E-state index is 12.8. The second kappa shape index (κ2) is 8.01. The lowest BCUT2D eigenvalue weighted by Gasteiger charge is -2.32. The molecule has 0 radical (unpaired) electrons. The van der Waals surface area contributed by atoms with Crippen LogP contribution in [0.15, 0.2) is 24.3 Å². The SMILES string of the molecule is CC[C@@H](C(=O)NC1CCCCC1)N(c1ccc(C)cc1)S(C)(=O)=O. The van der Waals surface area contributed by atoms with Gasteiger partial charge < -0.3 is 5.32 Å². The highest BCUT2D eigenvalue weighted by atomic mass is 32.2. The summed E-state index contributed by atoms with van der Waals surface area (Å²) in [6, 6.07) is 6.68. The van der Waals surface area contributed by atoms with Gasteiger partial charge >= 0.3 is 0 Å². The summed E-state index contributed by atoms with van der Waals surface area (Å²) in [6.07, 6.45) is 6.99. The lowest BCUT2D eigenvalue weighted by molar-refractivity contribution is -0.123. The molecule has 1 aromatic carbocycles. The van der Waals surface area contributed by atoms with Gasteiger partial charge in [0.15, 0.2) is 0 Å². The van der Waals surface area contributed by atoms with E-state index in [1.54, 1.807) is 12.1 Å². The van der Waals surface area contributed by atoms with Crippen molar-refractivity contribution in [3.63, 3.8) is 0 Å². The summed E-state index contributed by atoms with van der Waals surface area (Å²) in [5.41, 5.74) is 1.58. The van der Waals surface area contributed by atoms with Crippen LogP contribution < -0.4 is 9.62 Å². The molecule has 1 N–H and O–H groups in total. The molecule has 1 aliphatic rings. The summed E-state index contributed by atoms with van der Waals surface area (Å²) in [6.45, 7) is 3.79. The smallest absolute Gasteiger partial charge is 0.244 e. The molecule has 1 saturated carbocycles. The Morgan fingerprint density at radius 2 is 1.79 bits per heavy atom. The Morgan fingerprint density at radius 1 is 1.21 bits per heavy atom. The second-order valence-corrected chi connectivity index (χ2v) is 8.52. The topological polar surface area (TPSA) is 66.5 Å². The summed E-state index contributed by atoms with van der Waals surface area (Å²) < 4.78 is 26.0. The molecule has 5 nitrogen and oxygen atoms in total. The van der Waals surface area contributed by atoms with Crippen molar-refractivity contribution in [1.29, 1.82) is 0 Å². The van der Waals surface area contributed by atoms with Crippen LogP contribution in [0, 0.1) is 6.92 Å². The van der Waals surface area contributed by atoms with E-state index in [1.165, 1.54) is 10.7 Å². The van der Waals surface area contributed by atoms with Crippen molar-refractivity contribution >= 4 is 21.6 Å². The van der Waals surface area contributed by atoms with Gasteiger partial charge in [-0.2, -0.15) is 0 Å². The van der Waals surface area contributed by atoms with Crippen molar-refractivity contribution in [3.05, 3.63) is 29.8 Å². The molecule has 0 saturated heterocycles. The first-order valence-corrected chi connectivity index (χ1v) is 10.5. The van der Waals surface area contributed by atoms with E-state index in [0.717, 1.165) is 37.5 Å². The van der Waals surface area contributed by atoms with Gasteiger partial charge in [-0.05, 0) is 38.3 Å². The van der Waals surface area contributed by atoms with Gasteiger partial charge in [0.2, 0.25) is 15.9 Å². The normalized spacial score (nSPS) is 17.3. The van der Waals surface area contributed by atoms with Crippen molar-refractivity contribution in [2.45, 2.75) is 64.5 Å². The van der Waals surface area contributed by atoms with Crippen LogP contribution >= 0.6 is 0 Å². The molecule has 1 amide bonds. The number of nitrogens with one attached hydrogen (secondary N) is 1. The zero-order chi connectivity index (χ0) is 17.7. The van der Waals surface area contributed by atoms with Gasteiger partial charge in [0.05, 0.1) is 11.9 Å². The van der Waals surface area contributed by atoms with Crippen LogP contribution in [-0.2, 0) is 14.8 Å². The molecule has 0 heterocycles. The molecule has 2 rings (SSSR count). The fourth-order valence-electron chi connectivity index (χ4n) is 3.30. The van der Waals surface area contributed by atoms with E-state index in [-0.39, 0.29) is 11.9 Å². The minimum atomic E-state index is -3.56. The highest BCUT2D eigenvalue weighted by Gasteiger charge is 2.32. The standard InChI is InChI=1S/C18H28N2O3S/c1-4-17(18(21)19-15-8-6-5-7-9-15)20(24(3,22)23)16-12-10-14(2)11-13-16/h10-13,15,17H,4-9H2,1-3H3,(H,19,21)/t17-/m0/s1. The summed E-state index contributed by atoms with van der Waals surface area (Å²) in [5.74, 6) is -0.199. The number of hydrogen-bond donors (Lipinski definition) is 1. The van der Waals surface area contributed by atoms with E-state index in [9.17, 15) is 13.2 Å². The van der Waals surface area contributed by atoms with Crippen LogP contribution in [0.1, 0.15) is 51.0 Å². The quantitative estimate of drug-likeness (QED) is 0.856. The molecule has 1 atom stereocenters. The van der Waals surface area contributed by atoms with Crippen LogP contribution in [-0.4, -0.2) is 32.7 Å². The molecule has 0 unspecified atom stereocenters. The summed E-state index contributed by atoms with van der Waals surface area (Å²) in [4.78, 5) is 12.8. The first-order chi connectivity index (χ1) is 11.3. The zero-order valence-electron chi connectivity index (χ0n) is 14.8. The Morgan fingerprint density at radius 3 is 2.29 bits per heavy atom. The van der Waals surface area contributed by atoms with Crippen LogP contribution in [0.5, 0.6) is 0 Å². The third-order valence-corrected chi connectivity index (χ3v) is 5.75. The minimum Gasteiger partial charge on any atom is -0.352 e. The van der Waals surface area contributed by atoms with Crippen molar-refractivity contribution in [1.82, 2.24) is 5.32 Å². The Bertz CT molecular complexity index is 649. The lowest BCUT2D eigenvalue weighted by Crippen LogP contribution is -2.51. The maximum absolute atomic E-state index is 12.8. The van der Waals surface area contributed by atoms with Gasteiger partial charge in [0.25, 0.3) is 0 Å². The number of amides is 1. The highest BCUT2D eigenvalue weighted by Crippen LogP contribution is 2.24. The summed E-state index contributed by atoms with van der Waals surface area (Å²) >= 11 is 0. The van der Waals surface area contributed by atoms with Gasteiger partial charge in [-0.25, -0.2) is 8.42 Å². The number of rotatable bonds is 6. The molecule has 1 fully saturated rings. The largest absolute Gasteiger partial charge is 0.352 e. The summed E-state index contributed by atoms with van der Waals surface area (Å²) in [5, 5.41) is 3.06. The Labute approximate surface area is 145 Å². The third kappa shape index (κ3) is 4.72. The van der Waals surface area contributed by atoms with Crippen molar-refractivity contribution in [2.75, 3.05) is 10.6 Å². The van der Waals surface area contributed by atoms with E-state index >= 15 is 0 Å².